The fraction of sp³-hybridized carbons (Fsp3) is 0.429. The maximum Gasteiger partial charge on any atom is 0.252 e. The van der Waals surface area contributed by atoms with Crippen LogP contribution in [0.25, 0.3) is 0 Å². The average Bonchev–Trinajstić information content (AvgIpc) is 3.15. The van der Waals surface area contributed by atoms with Gasteiger partial charge in [-0.2, -0.15) is 0 Å². The normalized spacial score (nSPS) is 23.8. The summed E-state index contributed by atoms with van der Waals surface area (Å²) in [5.74, 6) is -0.574. The number of likely N-dealkylation sites (N-methyl/N-ethyl adjacent to an activating group) is 1. The van der Waals surface area contributed by atoms with E-state index >= 15 is 0 Å². The molecule has 1 atom stereocenters. The van der Waals surface area contributed by atoms with E-state index in [0.29, 0.717) is 19.3 Å². The third kappa shape index (κ3) is 2.00. The van der Waals surface area contributed by atoms with Crippen molar-refractivity contribution >= 4 is 17.5 Å². The van der Waals surface area contributed by atoms with Crippen LogP contribution in [0.5, 0.6) is 0 Å². The van der Waals surface area contributed by atoms with Crippen molar-refractivity contribution in [2.24, 2.45) is 0 Å². The lowest BCUT2D eigenvalue weighted by molar-refractivity contribution is -0.135. The molecule has 0 bridgehead atoms. The summed E-state index contributed by atoms with van der Waals surface area (Å²) in [6.07, 6.45) is 1.43. The molecule has 0 aromatic heterocycles. The van der Waals surface area contributed by atoms with Crippen molar-refractivity contribution in [2.45, 2.75) is 30.9 Å². The zero-order valence-corrected chi connectivity index (χ0v) is 10.7. The van der Waals surface area contributed by atoms with E-state index in [1.54, 1.807) is 11.9 Å². The van der Waals surface area contributed by atoms with Gasteiger partial charge in [-0.05, 0) is 24.5 Å². The molecule has 1 heterocycles. The molecular weight excluding hydrogens is 244 g/mol. The second kappa shape index (κ2) is 4.06. The van der Waals surface area contributed by atoms with Gasteiger partial charge in [0.15, 0.2) is 0 Å². The molecule has 0 spiro atoms. The number of fused-ring (bicyclic) bond motifs is 1. The third-order valence-electron chi connectivity index (χ3n) is 3.86. The van der Waals surface area contributed by atoms with Gasteiger partial charge in [-0.1, -0.05) is 18.2 Å². The molecule has 1 aromatic carbocycles. The number of benzene rings is 1. The lowest BCUT2D eigenvalue weighted by atomic mass is 9.97. The summed E-state index contributed by atoms with van der Waals surface area (Å²) in [6, 6.07) is 7.05. The standard InChI is InChI=1S/C14H16N2O3/c1-16-11-5-3-2-4-9(11)8-10(12(16)17)15-13(18)14(19)6-7-14/h2-5,10,19H,6-8H2,1H3,(H,15,18). The molecule has 0 radical (unpaired) electrons. The van der Waals surface area contributed by atoms with Crippen LogP contribution in [0.2, 0.25) is 0 Å². The van der Waals surface area contributed by atoms with E-state index in [2.05, 4.69) is 5.32 Å². The Labute approximate surface area is 111 Å². The van der Waals surface area contributed by atoms with Gasteiger partial charge in [-0.3, -0.25) is 9.59 Å². The number of carbonyl (C=O) groups excluding carboxylic acids is 2. The summed E-state index contributed by atoms with van der Waals surface area (Å²) in [7, 11) is 1.70. The molecule has 1 aliphatic heterocycles. The number of rotatable bonds is 2. The van der Waals surface area contributed by atoms with Gasteiger partial charge in [-0.25, -0.2) is 0 Å². The van der Waals surface area contributed by atoms with Crippen molar-refractivity contribution in [3.05, 3.63) is 29.8 Å². The van der Waals surface area contributed by atoms with E-state index in [-0.39, 0.29) is 5.91 Å². The number of hydrogen-bond donors (Lipinski definition) is 2. The Bertz CT molecular complexity index is 551. The van der Waals surface area contributed by atoms with Gasteiger partial charge in [0.1, 0.15) is 11.6 Å². The zero-order chi connectivity index (χ0) is 13.6. The van der Waals surface area contributed by atoms with Gasteiger partial charge in [-0.15, -0.1) is 0 Å². The van der Waals surface area contributed by atoms with Crippen LogP contribution in [-0.2, 0) is 16.0 Å². The van der Waals surface area contributed by atoms with Crippen molar-refractivity contribution in [1.29, 1.82) is 0 Å². The van der Waals surface area contributed by atoms with E-state index in [0.717, 1.165) is 11.3 Å². The molecule has 2 N–H and O–H groups in total. The molecule has 100 valence electrons. The lowest BCUT2D eigenvalue weighted by Crippen LogP contribution is -2.54. The van der Waals surface area contributed by atoms with Crippen LogP contribution in [0.1, 0.15) is 18.4 Å². The van der Waals surface area contributed by atoms with Crippen molar-refractivity contribution < 1.29 is 14.7 Å². The number of hydrogen-bond acceptors (Lipinski definition) is 3. The lowest BCUT2D eigenvalue weighted by Gasteiger charge is -2.32. The smallest absolute Gasteiger partial charge is 0.252 e. The maximum absolute atomic E-state index is 12.2. The van der Waals surface area contributed by atoms with Gasteiger partial charge in [0.2, 0.25) is 5.91 Å². The molecule has 5 heteroatoms. The Balaban J connectivity index is 1.81. The molecule has 1 aliphatic carbocycles. The van der Waals surface area contributed by atoms with E-state index in [1.165, 1.54) is 0 Å². The van der Waals surface area contributed by atoms with E-state index in [9.17, 15) is 14.7 Å². The number of anilines is 1. The second-order valence-electron chi connectivity index (χ2n) is 5.29. The number of aliphatic hydroxyl groups is 1. The van der Waals surface area contributed by atoms with Crippen molar-refractivity contribution in [3.63, 3.8) is 0 Å². The fourth-order valence-electron chi connectivity index (χ4n) is 2.42. The molecule has 0 saturated heterocycles. The summed E-state index contributed by atoms with van der Waals surface area (Å²) in [5.41, 5.74) is 0.663. The molecule has 3 rings (SSSR count). The number of amides is 2. The Morgan fingerprint density at radius 2 is 2.11 bits per heavy atom. The first kappa shape index (κ1) is 12.2. The number of nitrogens with one attached hydrogen (secondary N) is 1. The Morgan fingerprint density at radius 1 is 1.42 bits per heavy atom. The summed E-state index contributed by atoms with van der Waals surface area (Å²) >= 11 is 0. The average molecular weight is 260 g/mol. The second-order valence-corrected chi connectivity index (χ2v) is 5.29. The number of nitrogens with zero attached hydrogens (tertiary/aromatic N) is 1. The predicted octanol–water partition coefficient (Wildman–Crippen LogP) is 0.215. The monoisotopic (exact) mass is 260 g/mol. The Hall–Kier alpha value is -1.88. The SMILES string of the molecule is CN1C(=O)C(NC(=O)C2(O)CC2)Cc2ccccc21. The predicted molar refractivity (Wildman–Crippen MR) is 69.7 cm³/mol. The minimum Gasteiger partial charge on any atom is -0.380 e. The van der Waals surface area contributed by atoms with E-state index in [4.69, 9.17) is 0 Å². The largest absolute Gasteiger partial charge is 0.380 e. The molecule has 19 heavy (non-hydrogen) atoms. The van der Waals surface area contributed by atoms with Crippen LogP contribution < -0.4 is 10.2 Å². The first-order valence-corrected chi connectivity index (χ1v) is 6.40. The van der Waals surface area contributed by atoms with Gasteiger partial charge in [0.25, 0.3) is 5.91 Å². The van der Waals surface area contributed by atoms with Crippen molar-refractivity contribution in [3.8, 4) is 0 Å². The Kier molecular flexibility index (Phi) is 2.60. The zero-order valence-electron chi connectivity index (χ0n) is 10.7. The topological polar surface area (TPSA) is 69.6 Å². The van der Waals surface area contributed by atoms with Crippen LogP contribution in [0.3, 0.4) is 0 Å². The quantitative estimate of drug-likeness (QED) is 0.799. The molecule has 5 nitrogen and oxygen atoms in total. The van der Waals surface area contributed by atoms with Crippen LogP contribution in [-0.4, -0.2) is 35.6 Å². The molecule has 1 saturated carbocycles. The highest BCUT2D eigenvalue weighted by Gasteiger charge is 2.49. The van der Waals surface area contributed by atoms with Crippen molar-refractivity contribution in [2.75, 3.05) is 11.9 Å². The highest BCUT2D eigenvalue weighted by Crippen LogP contribution is 2.35. The molecular formula is C14H16N2O3. The van der Waals surface area contributed by atoms with Crippen LogP contribution >= 0.6 is 0 Å². The molecule has 2 aliphatic rings. The first-order valence-electron chi connectivity index (χ1n) is 6.40. The Morgan fingerprint density at radius 3 is 2.79 bits per heavy atom. The summed E-state index contributed by atoms with van der Waals surface area (Å²) in [6.45, 7) is 0. The molecule has 1 unspecified atom stereocenters. The van der Waals surface area contributed by atoms with Gasteiger partial charge in [0.05, 0.1) is 0 Å². The van der Waals surface area contributed by atoms with Gasteiger partial charge >= 0.3 is 0 Å². The minimum atomic E-state index is -1.24. The third-order valence-corrected chi connectivity index (χ3v) is 3.86. The van der Waals surface area contributed by atoms with E-state index < -0.39 is 17.6 Å². The molecule has 1 fully saturated rings. The fourth-order valence-corrected chi connectivity index (χ4v) is 2.42. The molecule has 1 aromatic rings. The van der Waals surface area contributed by atoms with Crippen LogP contribution in [0.15, 0.2) is 24.3 Å². The summed E-state index contributed by atoms with van der Waals surface area (Å²) < 4.78 is 0. The van der Waals surface area contributed by atoms with Crippen molar-refractivity contribution in [1.82, 2.24) is 5.32 Å². The van der Waals surface area contributed by atoms with Crippen LogP contribution in [0, 0.1) is 0 Å². The van der Waals surface area contributed by atoms with Crippen LogP contribution in [0.4, 0.5) is 5.69 Å². The first-order chi connectivity index (χ1) is 9.01. The van der Waals surface area contributed by atoms with Gasteiger partial charge in [0, 0.05) is 19.2 Å². The minimum absolute atomic E-state index is 0.142. The number of para-hydroxylation sites is 1. The highest BCUT2D eigenvalue weighted by molar-refractivity contribution is 6.02. The molecule has 2 amide bonds. The summed E-state index contributed by atoms with van der Waals surface area (Å²) in [5, 5.41) is 12.4. The van der Waals surface area contributed by atoms with E-state index in [1.807, 2.05) is 24.3 Å². The number of carbonyl (C=O) groups is 2. The summed E-state index contributed by atoms with van der Waals surface area (Å²) in [4.78, 5) is 25.6. The maximum atomic E-state index is 12.2. The van der Waals surface area contributed by atoms with Gasteiger partial charge < -0.3 is 15.3 Å². The highest BCUT2D eigenvalue weighted by atomic mass is 16.3.